The third-order valence-electron chi connectivity index (χ3n) is 2.78. The molecule has 2 aromatic rings. The smallest absolute Gasteiger partial charge is 0.166 e. The Hall–Kier alpha value is -1.62. The number of anilines is 1. The fourth-order valence-electron chi connectivity index (χ4n) is 1.70. The number of ether oxygens (including phenoxy) is 1. The Morgan fingerprint density at radius 3 is 2.58 bits per heavy atom. The van der Waals surface area contributed by atoms with E-state index >= 15 is 0 Å². The first kappa shape index (κ1) is 13.8. The molecule has 100 valence electrons. The van der Waals surface area contributed by atoms with E-state index in [1.807, 2.05) is 31.2 Å². The van der Waals surface area contributed by atoms with Crippen LogP contribution >= 0.6 is 15.9 Å². The van der Waals surface area contributed by atoms with Crippen LogP contribution in [0.2, 0.25) is 0 Å². The lowest BCUT2D eigenvalue weighted by molar-refractivity contribution is 0.414. The van der Waals surface area contributed by atoms with Gasteiger partial charge in [0.1, 0.15) is 5.75 Å². The molecule has 1 heterocycles. The summed E-state index contributed by atoms with van der Waals surface area (Å²) in [5, 5.41) is 3.04. The normalized spacial score (nSPS) is 12.0. The van der Waals surface area contributed by atoms with Gasteiger partial charge in [-0.25, -0.2) is 9.37 Å². The Balaban J connectivity index is 2.13. The number of hydrogen-bond acceptors (Lipinski definition) is 3. The molecule has 0 radical (unpaired) electrons. The standard InChI is InChI=1S/C14H14BrFN2O/c1-9(10-3-5-12(19-2)6-4-10)18-14-13(16)7-11(15)8-17-14/h3-9H,1-2H3,(H,17,18). The average molecular weight is 325 g/mol. The molecular weight excluding hydrogens is 311 g/mol. The first-order chi connectivity index (χ1) is 9.10. The molecule has 5 heteroatoms. The lowest BCUT2D eigenvalue weighted by Crippen LogP contribution is -2.09. The van der Waals surface area contributed by atoms with Crippen LogP contribution in [-0.2, 0) is 0 Å². The van der Waals surface area contributed by atoms with Crippen molar-refractivity contribution < 1.29 is 9.13 Å². The van der Waals surface area contributed by atoms with Crippen molar-refractivity contribution in [3.05, 3.63) is 52.4 Å². The minimum atomic E-state index is -0.380. The maximum atomic E-state index is 13.7. The summed E-state index contributed by atoms with van der Waals surface area (Å²) in [6.07, 6.45) is 1.56. The molecular formula is C14H14BrFN2O. The Morgan fingerprint density at radius 1 is 1.32 bits per heavy atom. The summed E-state index contributed by atoms with van der Waals surface area (Å²) in [4.78, 5) is 4.02. The first-order valence-electron chi connectivity index (χ1n) is 5.81. The van der Waals surface area contributed by atoms with Gasteiger partial charge in [0.15, 0.2) is 11.6 Å². The number of aromatic nitrogens is 1. The zero-order chi connectivity index (χ0) is 13.8. The molecule has 1 N–H and O–H groups in total. The fourth-order valence-corrected chi connectivity index (χ4v) is 2.01. The van der Waals surface area contributed by atoms with Gasteiger partial charge in [-0.3, -0.25) is 0 Å². The van der Waals surface area contributed by atoms with E-state index in [9.17, 15) is 4.39 Å². The number of hydrogen-bond donors (Lipinski definition) is 1. The Bertz CT molecular complexity index is 560. The van der Waals surface area contributed by atoms with E-state index in [4.69, 9.17) is 4.74 Å². The molecule has 0 saturated heterocycles. The van der Waals surface area contributed by atoms with E-state index in [0.29, 0.717) is 4.47 Å². The molecule has 0 aliphatic heterocycles. The number of nitrogens with one attached hydrogen (secondary N) is 1. The summed E-state index contributed by atoms with van der Waals surface area (Å²) in [5.41, 5.74) is 1.03. The maximum Gasteiger partial charge on any atom is 0.166 e. The summed E-state index contributed by atoms with van der Waals surface area (Å²) in [6, 6.07) is 8.96. The van der Waals surface area contributed by atoms with Crippen molar-refractivity contribution in [2.24, 2.45) is 0 Å². The van der Waals surface area contributed by atoms with E-state index in [0.717, 1.165) is 11.3 Å². The Kier molecular flexibility index (Phi) is 4.37. The third-order valence-corrected chi connectivity index (χ3v) is 3.21. The van der Waals surface area contributed by atoms with Gasteiger partial charge in [-0.2, -0.15) is 0 Å². The van der Waals surface area contributed by atoms with Crippen molar-refractivity contribution in [2.75, 3.05) is 12.4 Å². The second kappa shape index (κ2) is 6.02. The molecule has 0 aliphatic rings. The molecule has 3 nitrogen and oxygen atoms in total. The van der Waals surface area contributed by atoms with Crippen molar-refractivity contribution in [2.45, 2.75) is 13.0 Å². The molecule has 2 rings (SSSR count). The van der Waals surface area contributed by atoms with Crippen LogP contribution in [0.3, 0.4) is 0 Å². The number of halogens is 2. The minimum absolute atomic E-state index is 0.0471. The highest BCUT2D eigenvalue weighted by molar-refractivity contribution is 9.10. The molecule has 19 heavy (non-hydrogen) atoms. The maximum absolute atomic E-state index is 13.7. The van der Waals surface area contributed by atoms with Crippen LogP contribution in [0.25, 0.3) is 0 Å². The summed E-state index contributed by atoms with van der Waals surface area (Å²) in [5.74, 6) is 0.658. The van der Waals surface area contributed by atoms with Gasteiger partial charge in [-0.05, 0) is 46.6 Å². The van der Waals surface area contributed by atoms with Gasteiger partial charge in [-0.15, -0.1) is 0 Å². The predicted octanol–water partition coefficient (Wildman–Crippen LogP) is 4.16. The molecule has 0 bridgehead atoms. The predicted molar refractivity (Wildman–Crippen MR) is 76.9 cm³/mol. The van der Waals surface area contributed by atoms with Gasteiger partial charge >= 0.3 is 0 Å². The number of rotatable bonds is 4. The topological polar surface area (TPSA) is 34.1 Å². The van der Waals surface area contributed by atoms with E-state index in [2.05, 4.69) is 26.2 Å². The van der Waals surface area contributed by atoms with Crippen LogP contribution in [0.1, 0.15) is 18.5 Å². The quantitative estimate of drug-likeness (QED) is 0.916. The second-order valence-corrected chi connectivity index (χ2v) is 5.04. The van der Waals surface area contributed by atoms with Crippen molar-refractivity contribution >= 4 is 21.7 Å². The molecule has 0 fully saturated rings. The van der Waals surface area contributed by atoms with Crippen LogP contribution in [0.15, 0.2) is 41.0 Å². The second-order valence-electron chi connectivity index (χ2n) is 4.12. The average Bonchev–Trinajstić information content (AvgIpc) is 2.42. The zero-order valence-corrected chi connectivity index (χ0v) is 12.2. The van der Waals surface area contributed by atoms with Gasteiger partial charge in [-0.1, -0.05) is 12.1 Å². The monoisotopic (exact) mass is 324 g/mol. The number of methoxy groups -OCH3 is 1. The molecule has 0 aliphatic carbocycles. The summed E-state index contributed by atoms with van der Waals surface area (Å²) < 4.78 is 19.4. The van der Waals surface area contributed by atoms with E-state index < -0.39 is 0 Å². The number of benzene rings is 1. The van der Waals surface area contributed by atoms with Crippen LogP contribution < -0.4 is 10.1 Å². The summed E-state index contributed by atoms with van der Waals surface area (Å²) in [7, 11) is 1.62. The lowest BCUT2D eigenvalue weighted by atomic mass is 10.1. The van der Waals surface area contributed by atoms with Crippen LogP contribution in [0, 0.1) is 5.82 Å². The number of pyridine rings is 1. The van der Waals surface area contributed by atoms with Crippen molar-refractivity contribution in [1.82, 2.24) is 4.98 Å². The largest absolute Gasteiger partial charge is 0.497 e. The van der Waals surface area contributed by atoms with Gasteiger partial charge in [0, 0.05) is 10.7 Å². The molecule has 1 atom stereocenters. The minimum Gasteiger partial charge on any atom is -0.497 e. The molecule has 1 aromatic carbocycles. The van der Waals surface area contributed by atoms with Crippen molar-refractivity contribution in [1.29, 1.82) is 0 Å². The van der Waals surface area contributed by atoms with Crippen molar-refractivity contribution in [3.8, 4) is 5.75 Å². The highest BCUT2D eigenvalue weighted by Crippen LogP contribution is 2.23. The molecule has 0 spiro atoms. The highest BCUT2D eigenvalue weighted by Gasteiger charge is 2.10. The van der Waals surface area contributed by atoms with Gasteiger partial charge in [0.05, 0.1) is 13.2 Å². The van der Waals surface area contributed by atoms with Gasteiger partial charge < -0.3 is 10.1 Å². The Labute approximate surface area is 119 Å². The van der Waals surface area contributed by atoms with Crippen LogP contribution in [-0.4, -0.2) is 12.1 Å². The van der Waals surface area contributed by atoms with Crippen LogP contribution in [0.5, 0.6) is 5.75 Å². The van der Waals surface area contributed by atoms with Gasteiger partial charge in [0.25, 0.3) is 0 Å². The first-order valence-corrected chi connectivity index (χ1v) is 6.61. The van der Waals surface area contributed by atoms with Crippen LogP contribution in [0.4, 0.5) is 10.2 Å². The van der Waals surface area contributed by atoms with Gasteiger partial charge in [0.2, 0.25) is 0 Å². The van der Waals surface area contributed by atoms with E-state index in [1.54, 1.807) is 13.3 Å². The SMILES string of the molecule is COc1ccc(C(C)Nc2ncc(Br)cc2F)cc1. The van der Waals surface area contributed by atoms with E-state index in [1.165, 1.54) is 6.07 Å². The Morgan fingerprint density at radius 2 is 2.00 bits per heavy atom. The molecule has 0 saturated carbocycles. The fraction of sp³-hybridized carbons (Fsp3) is 0.214. The highest BCUT2D eigenvalue weighted by atomic mass is 79.9. The molecule has 1 aromatic heterocycles. The third kappa shape index (κ3) is 3.44. The molecule has 1 unspecified atom stereocenters. The van der Waals surface area contributed by atoms with E-state index in [-0.39, 0.29) is 17.7 Å². The summed E-state index contributed by atoms with van der Waals surface area (Å²) in [6.45, 7) is 1.95. The molecule has 0 amide bonds. The zero-order valence-electron chi connectivity index (χ0n) is 10.7. The van der Waals surface area contributed by atoms with Crippen molar-refractivity contribution in [3.63, 3.8) is 0 Å². The summed E-state index contributed by atoms with van der Waals surface area (Å²) >= 11 is 3.18. The number of nitrogens with zero attached hydrogens (tertiary/aromatic N) is 1. The lowest BCUT2D eigenvalue weighted by Gasteiger charge is -2.15.